The molecule has 5 heteroatoms. The summed E-state index contributed by atoms with van der Waals surface area (Å²) in [6, 6.07) is 18.4. The standard InChI is InChI=1S/C18H18N4O/c1-2-15-17(23)22(14-11-7-4-8-12-14)18(20-15)21-16(19)13-9-5-3-6-10-13/h3-12,15H,2H2,1H3,(H2,19,20,21). The normalized spacial score (nSPS) is 18.2. The van der Waals surface area contributed by atoms with E-state index >= 15 is 0 Å². The summed E-state index contributed by atoms with van der Waals surface area (Å²) in [5.41, 5.74) is 7.63. The van der Waals surface area contributed by atoms with Crippen LogP contribution in [0.25, 0.3) is 0 Å². The van der Waals surface area contributed by atoms with Crippen molar-refractivity contribution < 1.29 is 4.79 Å². The lowest BCUT2D eigenvalue weighted by molar-refractivity contribution is -0.118. The summed E-state index contributed by atoms with van der Waals surface area (Å²) < 4.78 is 0. The topological polar surface area (TPSA) is 71.0 Å². The third-order valence-corrected chi connectivity index (χ3v) is 3.67. The van der Waals surface area contributed by atoms with E-state index in [4.69, 9.17) is 5.73 Å². The number of nitrogens with two attached hydrogens (primary N) is 1. The number of carbonyl (C=O) groups excluding carboxylic acids is 1. The summed E-state index contributed by atoms with van der Waals surface area (Å²) in [4.78, 5) is 22.9. The maximum atomic E-state index is 12.6. The van der Waals surface area contributed by atoms with Gasteiger partial charge in [0.15, 0.2) is 0 Å². The fraction of sp³-hybridized carbons (Fsp3) is 0.167. The van der Waals surface area contributed by atoms with Gasteiger partial charge in [-0.1, -0.05) is 55.5 Å². The first-order valence-electron chi connectivity index (χ1n) is 7.57. The molecule has 0 aromatic heterocycles. The molecular formula is C18H18N4O. The van der Waals surface area contributed by atoms with Gasteiger partial charge in [0, 0.05) is 5.56 Å². The van der Waals surface area contributed by atoms with Crippen LogP contribution in [-0.2, 0) is 4.79 Å². The van der Waals surface area contributed by atoms with Crippen molar-refractivity contribution in [1.82, 2.24) is 0 Å². The number of carbonyl (C=O) groups is 1. The van der Waals surface area contributed by atoms with Crippen LogP contribution in [0.2, 0.25) is 0 Å². The second-order valence-electron chi connectivity index (χ2n) is 5.23. The van der Waals surface area contributed by atoms with Crippen LogP contribution in [0.4, 0.5) is 5.69 Å². The number of hydrogen-bond donors (Lipinski definition) is 1. The first-order chi connectivity index (χ1) is 11.2. The number of para-hydroxylation sites is 1. The fourth-order valence-electron chi connectivity index (χ4n) is 2.45. The predicted octanol–water partition coefficient (Wildman–Crippen LogP) is 2.57. The summed E-state index contributed by atoms with van der Waals surface area (Å²) >= 11 is 0. The molecule has 1 aliphatic rings. The Bertz CT molecular complexity index is 753. The molecule has 2 aromatic carbocycles. The second-order valence-corrected chi connectivity index (χ2v) is 5.23. The van der Waals surface area contributed by atoms with Crippen LogP contribution in [0.1, 0.15) is 18.9 Å². The molecule has 0 spiro atoms. The van der Waals surface area contributed by atoms with Gasteiger partial charge in [0.2, 0.25) is 5.96 Å². The molecule has 1 unspecified atom stereocenters. The van der Waals surface area contributed by atoms with Gasteiger partial charge in [-0.2, -0.15) is 4.99 Å². The van der Waals surface area contributed by atoms with E-state index in [1.165, 1.54) is 4.90 Å². The predicted molar refractivity (Wildman–Crippen MR) is 92.6 cm³/mol. The molecule has 23 heavy (non-hydrogen) atoms. The molecule has 116 valence electrons. The van der Waals surface area contributed by atoms with Crippen LogP contribution in [0.5, 0.6) is 0 Å². The number of nitrogens with zero attached hydrogens (tertiary/aromatic N) is 3. The largest absolute Gasteiger partial charge is 0.383 e. The number of hydrogen-bond acceptors (Lipinski definition) is 3. The van der Waals surface area contributed by atoms with Crippen molar-refractivity contribution in [2.45, 2.75) is 19.4 Å². The summed E-state index contributed by atoms with van der Waals surface area (Å²) in [5.74, 6) is 0.613. The Morgan fingerprint density at radius 1 is 1.13 bits per heavy atom. The van der Waals surface area contributed by atoms with Crippen molar-refractivity contribution in [2.75, 3.05) is 4.90 Å². The van der Waals surface area contributed by atoms with E-state index < -0.39 is 6.04 Å². The van der Waals surface area contributed by atoms with Crippen LogP contribution in [0, 0.1) is 0 Å². The molecule has 5 nitrogen and oxygen atoms in total. The minimum atomic E-state index is -0.405. The highest BCUT2D eigenvalue weighted by Gasteiger charge is 2.34. The fourth-order valence-corrected chi connectivity index (χ4v) is 2.45. The first-order valence-corrected chi connectivity index (χ1v) is 7.57. The third kappa shape index (κ3) is 2.99. The van der Waals surface area contributed by atoms with Gasteiger partial charge in [-0.15, -0.1) is 0 Å². The highest BCUT2D eigenvalue weighted by Crippen LogP contribution is 2.23. The molecule has 0 saturated carbocycles. The van der Waals surface area contributed by atoms with E-state index in [0.717, 1.165) is 11.3 Å². The van der Waals surface area contributed by atoms with Crippen molar-refractivity contribution in [1.29, 1.82) is 0 Å². The summed E-state index contributed by atoms with van der Waals surface area (Å²) in [6.07, 6.45) is 0.631. The van der Waals surface area contributed by atoms with Crippen molar-refractivity contribution in [3.63, 3.8) is 0 Å². The second kappa shape index (κ2) is 6.44. The molecule has 1 amide bonds. The Kier molecular flexibility index (Phi) is 4.19. The highest BCUT2D eigenvalue weighted by atomic mass is 16.2. The molecule has 2 N–H and O–H groups in total. The van der Waals surface area contributed by atoms with Crippen LogP contribution < -0.4 is 10.6 Å². The van der Waals surface area contributed by atoms with E-state index in [-0.39, 0.29) is 5.91 Å². The number of amidine groups is 1. The molecule has 3 rings (SSSR count). The average Bonchev–Trinajstić information content (AvgIpc) is 2.91. The molecule has 1 heterocycles. The van der Waals surface area contributed by atoms with Crippen molar-refractivity contribution >= 4 is 23.4 Å². The Morgan fingerprint density at radius 3 is 2.35 bits per heavy atom. The van der Waals surface area contributed by atoms with Crippen LogP contribution >= 0.6 is 0 Å². The van der Waals surface area contributed by atoms with Gasteiger partial charge in [-0.05, 0) is 18.6 Å². The average molecular weight is 306 g/mol. The van der Waals surface area contributed by atoms with E-state index in [1.54, 1.807) is 0 Å². The van der Waals surface area contributed by atoms with Gasteiger partial charge in [0.25, 0.3) is 5.91 Å². The SMILES string of the molecule is CCC1N=C(/N=C(\N)c2ccccc2)N(c2ccccc2)C1=O. The van der Waals surface area contributed by atoms with E-state index in [0.29, 0.717) is 18.2 Å². The van der Waals surface area contributed by atoms with Crippen molar-refractivity contribution in [3.8, 4) is 0 Å². The molecule has 0 bridgehead atoms. The molecule has 0 aliphatic carbocycles. The third-order valence-electron chi connectivity index (χ3n) is 3.67. The lowest BCUT2D eigenvalue weighted by Gasteiger charge is -2.17. The number of guanidine groups is 1. The quantitative estimate of drug-likeness (QED) is 0.699. The van der Waals surface area contributed by atoms with Gasteiger partial charge in [-0.3, -0.25) is 4.79 Å². The summed E-state index contributed by atoms with van der Waals surface area (Å²) in [5, 5.41) is 0. The molecule has 0 fully saturated rings. The maximum absolute atomic E-state index is 12.6. The Labute approximate surface area is 135 Å². The molecule has 2 aromatic rings. The van der Waals surface area contributed by atoms with Crippen molar-refractivity contribution in [2.24, 2.45) is 15.7 Å². The zero-order chi connectivity index (χ0) is 16.2. The van der Waals surface area contributed by atoms with Gasteiger partial charge in [0.05, 0.1) is 5.69 Å². The Hall–Kier alpha value is -2.95. The molecule has 0 radical (unpaired) electrons. The van der Waals surface area contributed by atoms with Gasteiger partial charge in [0.1, 0.15) is 11.9 Å². The zero-order valence-corrected chi connectivity index (χ0v) is 12.9. The lowest BCUT2D eigenvalue weighted by Crippen LogP contribution is -2.35. The maximum Gasteiger partial charge on any atom is 0.258 e. The molecular weight excluding hydrogens is 288 g/mol. The van der Waals surface area contributed by atoms with Crippen LogP contribution in [0.15, 0.2) is 70.6 Å². The Morgan fingerprint density at radius 2 is 1.74 bits per heavy atom. The van der Waals surface area contributed by atoms with E-state index in [9.17, 15) is 4.79 Å². The van der Waals surface area contributed by atoms with Gasteiger partial charge < -0.3 is 5.73 Å². The van der Waals surface area contributed by atoms with Gasteiger partial charge in [-0.25, -0.2) is 9.89 Å². The van der Waals surface area contributed by atoms with E-state index in [1.807, 2.05) is 67.6 Å². The lowest BCUT2D eigenvalue weighted by atomic mass is 10.2. The zero-order valence-electron chi connectivity index (χ0n) is 12.9. The monoisotopic (exact) mass is 306 g/mol. The smallest absolute Gasteiger partial charge is 0.258 e. The minimum Gasteiger partial charge on any atom is -0.383 e. The Balaban J connectivity index is 1.99. The summed E-state index contributed by atoms with van der Waals surface area (Å²) in [6.45, 7) is 1.93. The first kappa shape index (κ1) is 15.0. The minimum absolute atomic E-state index is 0.0710. The summed E-state index contributed by atoms with van der Waals surface area (Å²) in [7, 11) is 0. The molecule has 1 atom stereocenters. The van der Waals surface area contributed by atoms with Crippen LogP contribution in [-0.4, -0.2) is 23.7 Å². The van der Waals surface area contributed by atoms with Crippen LogP contribution in [0.3, 0.4) is 0 Å². The number of benzene rings is 2. The number of aliphatic imine (C=N–C) groups is 2. The van der Waals surface area contributed by atoms with Crippen molar-refractivity contribution in [3.05, 3.63) is 66.2 Å². The number of rotatable bonds is 3. The number of anilines is 1. The van der Waals surface area contributed by atoms with E-state index in [2.05, 4.69) is 9.98 Å². The highest BCUT2D eigenvalue weighted by molar-refractivity contribution is 6.24. The molecule has 0 saturated heterocycles. The number of amides is 1. The van der Waals surface area contributed by atoms with Gasteiger partial charge >= 0.3 is 0 Å². The molecule has 1 aliphatic heterocycles.